The third-order valence-electron chi connectivity index (χ3n) is 3.77. The van der Waals surface area contributed by atoms with Crippen LogP contribution in [0.15, 0.2) is 65.6 Å². The topological polar surface area (TPSA) is 70.2 Å². The zero-order chi connectivity index (χ0) is 21.9. The Balaban J connectivity index is 1.67. The maximum atomic E-state index is 13.7. The average molecular weight is 488 g/mol. The van der Waals surface area contributed by atoms with Gasteiger partial charge >= 0.3 is 0 Å². The largest absolute Gasteiger partial charge is 0.332 e. The first-order valence-electron chi connectivity index (χ1n) is 8.25. The fourth-order valence-corrected chi connectivity index (χ4v) is 3.94. The Labute approximate surface area is 187 Å². The number of rotatable bonds is 5. The van der Waals surface area contributed by atoms with Gasteiger partial charge in [-0.15, -0.1) is 0 Å². The average Bonchev–Trinajstić information content (AvgIpc) is 2.67. The minimum absolute atomic E-state index is 0.000997. The van der Waals surface area contributed by atoms with Gasteiger partial charge in [-0.25, -0.2) is 17.2 Å². The van der Waals surface area contributed by atoms with Crippen LogP contribution >= 0.6 is 35.4 Å². The summed E-state index contributed by atoms with van der Waals surface area (Å²) in [5, 5.41) is 5.95. The summed E-state index contributed by atoms with van der Waals surface area (Å²) in [7, 11) is -3.86. The van der Waals surface area contributed by atoms with Crippen molar-refractivity contribution in [3.05, 3.63) is 82.3 Å². The van der Waals surface area contributed by atoms with E-state index in [9.17, 15) is 17.2 Å². The van der Waals surface area contributed by atoms with Gasteiger partial charge in [0.15, 0.2) is 5.11 Å². The van der Waals surface area contributed by atoms with Crippen LogP contribution in [0.2, 0.25) is 10.0 Å². The van der Waals surface area contributed by atoms with Crippen LogP contribution in [-0.4, -0.2) is 13.5 Å². The molecule has 0 heterocycles. The van der Waals surface area contributed by atoms with Gasteiger partial charge in [0.1, 0.15) is 11.6 Å². The Morgan fingerprint density at radius 3 is 2.13 bits per heavy atom. The van der Waals surface area contributed by atoms with Crippen LogP contribution in [0.1, 0.15) is 0 Å². The molecular weight excluding hydrogens is 475 g/mol. The summed E-state index contributed by atoms with van der Waals surface area (Å²) in [6.45, 7) is 0. The number of anilines is 3. The monoisotopic (exact) mass is 487 g/mol. The third-order valence-corrected chi connectivity index (χ3v) is 6.11. The van der Waals surface area contributed by atoms with Crippen molar-refractivity contribution in [2.24, 2.45) is 0 Å². The highest BCUT2D eigenvalue weighted by Crippen LogP contribution is 2.27. The van der Waals surface area contributed by atoms with Crippen molar-refractivity contribution in [2.75, 3.05) is 15.4 Å². The molecule has 0 aliphatic heterocycles. The first-order valence-corrected chi connectivity index (χ1v) is 10.9. The van der Waals surface area contributed by atoms with E-state index in [1.54, 1.807) is 0 Å². The second-order valence-corrected chi connectivity index (χ2v) is 8.87. The molecule has 0 aliphatic rings. The van der Waals surface area contributed by atoms with Gasteiger partial charge in [-0.3, -0.25) is 4.72 Å². The summed E-state index contributed by atoms with van der Waals surface area (Å²) in [6.07, 6.45) is 0. The van der Waals surface area contributed by atoms with Gasteiger partial charge in [0.2, 0.25) is 0 Å². The molecule has 3 N–H and O–H groups in total. The minimum Gasteiger partial charge on any atom is -0.332 e. The van der Waals surface area contributed by atoms with E-state index in [-0.39, 0.29) is 26.4 Å². The highest BCUT2D eigenvalue weighted by atomic mass is 35.5. The van der Waals surface area contributed by atoms with E-state index in [1.165, 1.54) is 48.5 Å². The van der Waals surface area contributed by atoms with E-state index < -0.39 is 21.7 Å². The highest BCUT2D eigenvalue weighted by molar-refractivity contribution is 7.92. The Morgan fingerprint density at radius 1 is 0.833 bits per heavy atom. The smallest absolute Gasteiger partial charge is 0.261 e. The standard InChI is InChI=1S/C19H13Cl2F2N3O2S2/c20-15-7-4-13(10-16(15)21)26-30(27,28)14-5-2-12(3-6-14)24-19(29)25-18-8-1-11(22)9-17(18)23/h1-10,26H,(H2,24,25,29). The molecule has 0 saturated carbocycles. The van der Waals surface area contributed by atoms with Crippen molar-refractivity contribution in [3.8, 4) is 0 Å². The van der Waals surface area contributed by atoms with Crippen molar-refractivity contribution in [2.45, 2.75) is 4.90 Å². The molecular formula is C19H13Cl2F2N3O2S2. The third kappa shape index (κ3) is 5.57. The number of hydrogen-bond acceptors (Lipinski definition) is 3. The first kappa shape index (κ1) is 22.2. The summed E-state index contributed by atoms with van der Waals surface area (Å²) >= 11 is 16.8. The number of nitrogens with one attached hydrogen (secondary N) is 3. The lowest BCUT2D eigenvalue weighted by molar-refractivity contribution is 0.586. The van der Waals surface area contributed by atoms with Crippen LogP contribution in [-0.2, 0) is 10.0 Å². The molecule has 3 aromatic rings. The van der Waals surface area contributed by atoms with Crippen LogP contribution < -0.4 is 15.4 Å². The molecule has 3 rings (SSSR count). The van der Waals surface area contributed by atoms with Gasteiger partial charge in [0.05, 0.1) is 26.3 Å². The van der Waals surface area contributed by atoms with Crippen molar-refractivity contribution in [1.29, 1.82) is 0 Å². The van der Waals surface area contributed by atoms with Crippen molar-refractivity contribution < 1.29 is 17.2 Å². The second kappa shape index (κ2) is 9.13. The van der Waals surface area contributed by atoms with Crippen LogP contribution in [0.4, 0.5) is 25.8 Å². The first-order chi connectivity index (χ1) is 14.1. The van der Waals surface area contributed by atoms with E-state index in [2.05, 4.69) is 15.4 Å². The van der Waals surface area contributed by atoms with Gasteiger partial charge in [0.25, 0.3) is 10.0 Å². The summed E-state index contributed by atoms with van der Waals surface area (Å²) in [5.41, 5.74) is 0.723. The predicted molar refractivity (Wildman–Crippen MR) is 120 cm³/mol. The van der Waals surface area contributed by atoms with Gasteiger partial charge in [-0.05, 0) is 66.8 Å². The molecule has 11 heteroatoms. The Bertz CT molecular complexity index is 1210. The van der Waals surface area contributed by atoms with Crippen molar-refractivity contribution in [1.82, 2.24) is 0 Å². The number of sulfonamides is 1. The summed E-state index contributed by atoms with van der Waals surface area (Å²) in [5.74, 6) is -1.50. The van der Waals surface area contributed by atoms with E-state index in [4.69, 9.17) is 35.4 Å². The van der Waals surface area contributed by atoms with Gasteiger partial charge in [-0.1, -0.05) is 23.2 Å². The van der Waals surface area contributed by atoms with E-state index in [0.29, 0.717) is 10.7 Å². The molecule has 156 valence electrons. The highest BCUT2D eigenvalue weighted by Gasteiger charge is 2.15. The molecule has 0 bridgehead atoms. The quantitative estimate of drug-likeness (QED) is 0.392. The lowest BCUT2D eigenvalue weighted by Gasteiger charge is -2.12. The molecule has 3 aromatic carbocycles. The molecule has 30 heavy (non-hydrogen) atoms. The van der Waals surface area contributed by atoms with Crippen LogP contribution in [0.5, 0.6) is 0 Å². The Kier molecular flexibility index (Phi) is 6.77. The maximum absolute atomic E-state index is 13.7. The number of hydrogen-bond donors (Lipinski definition) is 3. The number of benzene rings is 3. The van der Waals surface area contributed by atoms with Gasteiger partial charge < -0.3 is 10.6 Å². The maximum Gasteiger partial charge on any atom is 0.261 e. The molecule has 0 radical (unpaired) electrons. The van der Waals surface area contributed by atoms with E-state index in [0.717, 1.165) is 12.1 Å². The zero-order valence-electron chi connectivity index (χ0n) is 14.9. The number of thiocarbonyl (C=S) groups is 1. The van der Waals surface area contributed by atoms with Crippen LogP contribution in [0, 0.1) is 11.6 Å². The van der Waals surface area contributed by atoms with E-state index >= 15 is 0 Å². The lowest BCUT2D eigenvalue weighted by atomic mass is 10.3. The molecule has 0 amide bonds. The summed E-state index contributed by atoms with van der Waals surface area (Å²) < 4.78 is 54.1. The SMILES string of the molecule is O=S(=O)(Nc1ccc(Cl)c(Cl)c1)c1ccc(NC(=S)Nc2ccc(F)cc2F)cc1. The van der Waals surface area contributed by atoms with Crippen molar-refractivity contribution in [3.63, 3.8) is 0 Å². The van der Waals surface area contributed by atoms with Gasteiger partial charge in [-0.2, -0.15) is 0 Å². The molecule has 0 saturated heterocycles. The molecule has 0 unspecified atom stereocenters. The predicted octanol–water partition coefficient (Wildman–Crippen LogP) is 5.88. The molecule has 0 fully saturated rings. The molecule has 0 aromatic heterocycles. The molecule has 0 aliphatic carbocycles. The van der Waals surface area contributed by atoms with Gasteiger partial charge in [0, 0.05) is 11.8 Å². The normalized spacial score (nSPS) is 11.1. The summed E-state index contributed by atoms with van der Waals surface area (Å²) in [6, 6.07) is 13.1. The Morgan fingerprint density at radius 2 is 1.50 bits per heavy atom. The Hall–Kier alpha value is -2.46. The molecule has 0 spiro atoms. The molecule has 0 atom stereocenters. The fourth-order valence-electron chi connectivity index (χ4n) is 2.37. The van der Waals surface area contributed by atoms with E-state index in [1.807, 2.05) is 0 Å². The van der Waals surface area contributed by atoms with Crippen molar-refractivity contribution >= 4 is 67.6 Å². The fraction of sp³-hybridized carbons (Fsp3) is 0. The zero-order valence-corrected chi connectivity index (χ0v) is 18.1. The summed E-state index contributed by atoms with van der Waals surface area (Å²) in [4.78, 5) is 0.00239. The minimum atomic E-state index is -3.86. The van der Waals surface area contributed by atoms with Crippen LogP contribution in [0.25, 0.3) is 0 Å². The second-order valence-electron chi connectivity index (χ2n) is 5.96. The number of halogens is 4. The van der Waals surface area contributed by atoms with Crippen LogP contribution in [0.3, 0.4) is 0 Å². The molecule has 5 nitrogen and oxygen atoms in total. The lowest BCUT2D eigenvalue weighted by Crippen LogP contribution is -2.20.